The molecule has 0 spiro atoms. The van der Waals surface area contributed by atoms with E-state index in [1.807, 2.05) is 66.4 Å². The van der Waals surface area contributed by atoms with Gasteiger partial charge in [0.15, 0.2) is 5.78 Å². The number of carbonyl (C=O) groups is 4. The molecule has 0 radical (unpaired) electrons. The van der Waals surface area contributed by atoms with Gasteiger partial charge in [-0.05, 0) is 49.5 Å². The molecule has 0 aliphatic rings. The van der Waals surface area contributed by atoms with E-state index in [9.17, 15) is 19.2 Å². The molecule has 0 aliphatic carbocycles. The van der Waals surface area contributed by atoms with Crippen LogP contribution in [-0.2, 0) is 43.4 Å². The van der Waals surface area contributed by atoms with Crippen molar-refractivity contribution in [2.45, 2.75) is 45.3 Å². The lowest BCUT2D eigenvalue weighted by Crippen LogP contribution is -2.43. The van der Waals surface area contributed by atoms with Gasteiger partial charge < -0.3 is 20.7 Å². The van der Waals surface area contributed by atoms with E-state index in [4.69, 9.17) is 20.7 Å². The van der Waals surface area contributed by atoms with Crippen LogP contribution in [0, 0.1) is 0 Å². The fraction of sp³-hybridized carbons (Fsp3) is 0.515. The molecule has 0 unspecified atom stereocenters. The molecule has 2 aromatic rings. The molecule has 11 heteroatoms. The monoisotopic (exact) mass is 612 g/mol. The quantitative estimate of drug-likeness (QED) is 0.159. The average Bonchev–Trinajstić information content (AvgIpc) is 2.99. The van der Waals surface area contributed by atoms with Gasteiger partial charge in [-0.15, -0.1) is 0 Å². The fourth-order valence-corrected chi connectivity index (χ4v) is 4.63. The highest BCUT2D eigenvalue weighted by Gasteiger charge is 2.16. The van der Waals surface area contributed by atoms with Crippen LogP contribution in [0.5, 0.6) is 0 Å². The van der Waals surface area contributed by atoms with Gasteiger partial charge in [0.2, 0.25) is 0 Å². The Hall–Kier alpha value is -3.48. The number of hydrogen-bond donors (Lipinski definition) is 3. The third-order valence-electron chi connectivity index (χ3n) is 7.37. The number of benzene rings is 2. The fourth-order valence-electron chi connectivity index (χ4n) is 4.63. The standard InChI is InChI=1S/C33H48N4O7/c1-3-36(23-33(42)43)19-20-37(18-17-35(2)22-32(40)41)21-29(38)15-13-27-9-11-28(12-10-27)24-44-25-31(39)30(34)16-14-26-7-5-4-6-8-26/h4-12,30H,3,13-25,34H2,1-2H3,(H,40,41)(H,42,43)/t30-/m1/s1. The zero-order valence-electron chi connectivity index (χ0n) is 26.0. The highest BCUT2D eigenvalue weighted by Crippen LogP contribution is 2.10. The second-order valence-electron chi connectivity index (χ2n) is 11.1. The number of Topliss-reactive ketones (excluding diaryl/α,β-unsaturated/α-hetero) is 2. The van der Waals surface area contributed by atoms with Crippen LogP contribution >= 0.6 is 0 Å². The predicted octanol–water partition coefficient (Wildman–Crippen LogP) is 1.96. The number of nitrogens with zero attached hydrogens (tertiary/aromatic N) is 3. The lowest BCUT2D eigenvalue weighted by molar-refractivity contribution is -0.139. The normalized spacial score (nSPS) is 12.1. The summed E-state index contributed by atoms with van der Waals surface area (Å²) in [6.45, 7) is 4.72. The van der Waals surface area contributed by atoms with Crippen LogP contribution in [0.15, 0.2) is 54.6 Å². The first-order valence-corrected chi connectivity index (χ1v) is 15.1. The maximum absolute atomic E-state index is 12.9. The minimum Gasteiger partial charge on any atom is -0.480 e. The maximum Gasteiger partial charge on any atom is 0.317 e. The summed E-state index contributed by atoms with van der Waals surface area (Å²) in [5.41, 5.74) is 9.12. The number of carbonyl (C=O) groups excluding carboxylic acids is 2. The Kier molecular flexibility index (Phi) is 17.1. The van der Waals surface area contributed by atoms with E-state index in [0.717, 1.165) is 23.1 Å². The number of rotatable bonds is 24. The van der Waals surface area contributed by atoms with E-state index in [1.165, 1.54) is 0 Å². The Balaban J connectivity index is 1.77. The van der Waals surface area contributed by atoms with Crippen molar-refractivity contribution < 1.29 is 34.1 Å². The first kappa shape index (κ1) is 36.7. The molecular weight excluding hydrogens is 564 g/mol. The van der Waals surface area contributed by atoms with Gasteiger partial charge in [0.1, 0.15) is 12.4 Å². The van der Waals surface area contributed by atoms with E-state index in [2.05, 4.69) is 0 Å². The molecule has 11 nitrogen and oxygen atoms in total. The molecule has 0 fully saturated rings. The molecule has 2 aromatic carbocycles. The van der Waals surface area contributed by atoms with Crippen molar-refractivity contribution in [1.82, 2.24) is 14.7 Å². The smallest absolute Gasteiger partial charge is 0.317 e. The Morgan fingerprint density at radius 2 is 1.36 bits per heavy atom. The number of likely N-dealkylation sites (N-methyl/N-ethyl adjacent to an activating group) is 2. The summed E-state index contributed by atoms with van der Waals surface area (Å²) in [6, 6.07) is 17.1. The van der Waals surface area contributed by atoms with Crippen LogP contribution in [0.3, 0.4) is 0 Å². The maximum atomic E-state index is 12.9. The van der Waals surface area contributed by atoms with Crippen molar-refractivity contribution in [2.24, 2.45) is 5.73 Å². The highest BCUT2D eigenvalue weighted by atomic mass is 16.5. The Labute approximate surface area is 260 Å². The van der Waals surface area contributed by atoms with E-state index in [1.54, 1.807) is 16.8 Å². The van der Waals surface area contributed by atoms with Crippen LogP contribution in [-0.4, -0.2) is 120 Å². The molecule has 0 saturated heterocycles. The number of carboxylic acids is 2. The summed E-state index contributed by atoms with van der Waals surface area (Å²) in [5.74, 6) is -1.89. The Morgan fingerprint density at radius 1 is 0.773 bits per heavy atom. The Morgan fingerprint density at radius 3 is 2.00 bits per heavy atom. The molecule has 0 aromatic heterocycles. The minimum atomic E-state index is -0.918. The van der Waals surface area contributed by atoms with Gasteiger partial charge in [0.05, 0.1) is 32.3 Å². The van der Waals surface area contributed by atoms with E-state index in [0.29, 0.717) is 52.0 Å². The topological polar surface area (TPSA) is 154 Å². The minimum absolute atomic E-state index is 0.0405. The molecule has 0 aliphatic heterocycles. The van der Waals surface area contributed by atoms with Crippen molar-refractivity contribution in [3.63, 3.8) is 0 Å². The van der Waals surface area contributed by atoms with Crippen molar-refractivity contribution in [1.29, 1.82) is 0 Å². The first-order valence-electron chi connectivity index (χ1n) is 15.1. The predicted molar refractivity (Wildman–Crippen MR) is 168 cm³/mol. The van der Waals surface area contributed by atoms with Crippen LogP contribution < -0.4 is 5.73 Å². The summed E-state index contributed by atoms with van der Waals surface area (Å²) in [7, 11) is 1.71. The molecular formula is C33H48N4O7. The first-order chi connectivity index (χ1) is 21.0. The molecule has 1 atom stereocenters. The van der Waals surface area contributed by atoms with Gasteiger partial charge in [-0.3, -0.25) is 33.9 Å². The molecule has 242 valence electrons. The summed E-state index contributed by atoms with van der Waals surface area (Å²) in [4.78, 5) is 52.8. The number of nitrogens with two attached hydrogens (primary N) is 1. The number of ether oxygens (including phenoxy) is 1. The summed E-state index contributed by atoms with van der Waals surface area (Å²) < 4.78 is 5.61. The third-order valence-corrected chi connectivity index (χ3v) is 7.37. The average molecular weight is 613 g/mol. The van der Waals surface area contributed by atoms with Crippen molar-refractivity contribution in [3.8, 4) is 0 Å². The number of carboxylic acid groups (broad SMARTS) is 2. The molecule has 0 heterocycles. The van der Waals surface area contributed by atoms with Gasteiger partial charge in [-0.2, -0.15) is 0 Å². The summed E-state index contributed by atoms with van der Waals surface area (Å²) in [6.07, 6.45) is 2.23. The second kappa shape index (κ2) is 20.5. The van der Waals surface area contributed by atoms with E-state index < -0.39 is 18.0 Å². The van der Waals surface area contributed by atoms with Gasteiger partial charge in [0, 0.05) is 32.6 Å². The summed E-state index contributed by atoms with van der Waals surface area (Å²) >= 11 is 0. The highest BCUT2D eigenvalue weighted by molar-refractivity contribution is 5.85. The lowest BCUT2D eigenvalue weighted by Gasteiger charge is -2.27. The SMILES string of the molecule is CCN(CCN(CCN(C)CC(=O)O)CC(=O)CCc1ccc(COCC(=O)[C@H](N)CCc2ccccc2)cc1)CC(=O)O. The molecule has 2 rings (SSSR count). The molecule has 0 saturated carbocycles. The Bertz CT molecular complexity index is 1160. The van der Waals surface area contributed by atoms with Crippen molar-refractivity contribution in [3.05, 3.63) is 71.3 Å². The molecule has 4 N–H and O–H groups in total. The summed E-state index contributed by atoms with van der Waals surface area (Å²) in [5, 5.41) is 18.1. The van der Waals surface area contributed by atoms with Crippen molar-refractivity contribution in [2.75, 3.05) is 66.0 Å². The van der Waals surface area contributed by atoms with Gasteiger partial charge >= 0.3 is 11.9 Å². The van der Waals surface area contributed by atoms with Crippen LogP contribution in [0.2, 0.25) is 0 Å². The lowest BCUT2D eigenvalue weighted by atomic mass is 10.0. The van der Waals surface area contributed by atoms with Crippen LogP contribution in [0.1, 0.15) is 36.5 Å². The number of aryl methyl sites for hydroxylation is 2. The van der Waals surface area contributed by atoms with Gasteiger partial charge in [0.25, 0.3) is 0 Å². The van der Waals surface area contributed by atoms with Gasteiger partial charge in [-0.25, -0.2) is 0 Å². The second-order valence-corrected chi connectivity index (χ2v) is 11.1. The van der Waals surface area contributed by atoms with E-state index >= 15 is 0 Å². The number of aliphatic carboxylic acids is 2. The molecule has 0 amide bonds. The number of hydrogen-bond acceptors (Lipinski definition) is 9. The zero-order chi connectivity index (χ0) is 32.3. The van der Waals surface area contributed by atoms with Crippen molar-refractivity contribution >= 4 is 23.5 Å². The van der Waals surface area contributed by atoms with Gasteiger partial charge in [-0.1, -0.05) is 61.5 Å². The third kappa shape index (κ3) is 15.8. The number of ketones is 2. The van der Waals surface area contributed by atoms with E-state index in [-0.39, 0.29) is 44.4 Å². The zero-order valence-corrected chi connectivity index (χ0v) is 26.0. The van der Waals surface area contributed by atoms with Crippen LogP contribution in [0.25, 0.3) is 0 Å². The molecule has 44 heavy (non-hydrogen) atoms. The van der Waals surface area contributed by atoms with Crippen LogP contribution in [0.4, 0.5) is 0 Å². The largest absolute Gasteiger partial charge is 0.480 e. The molecule has 0 bridgehead atoms.